The first-order valence-electron chi connectivity index (χ1n) is 8.97. The Morgan fingerprint density at radius 2 is 1.64 bits per heavy atom. The Balaban J connectivity index is 1.56. The molecule has 132 valence electrons. The van der Waals surface area contributed by atoms with Gasteiger partial charge in [0.15, 0.2) is 0 Å². The van der Waals surface area contributed by atoms with Crippen molar-refractivity contribution in [1.29, 1.82) is 0 Å². The third kappa shape index (κ3) is 4.20. The van der Waals surface area contributed by atoms with Gasteiger partial charge >= 0.3 is 0 Å². The van der Waals surface area contributed by atoms with Crippen molar-refractivity contribution in [3.05, 3.63) is 59.7 Å². The van der Waals surface area contributed by atoms with Gasteiger partial charge in [-0.1, -0.05) is 24.3 Å². The first-order valence-corrected chi connectivity index (χ1v) is 8.97. The van der Waals surface area contributed by atoms with Crippen LogP contribution in [0.15, 0.2) is 48.5 Å². The number of nitrogens with one attached hydrogen (secondary N) is 1. The molecule has 0 radical (unpaired) electrons. The van der Waals surface area contributed by atoms with E-state index in [4.69, 9.17) is 0 Å². The maximum atomic E-state index is 12.5. The van der Waals surface area contributed by atoms with E-state index in [0.29, 0.717) is 0 Å². The molecule has 1 saturated heterocycles. The summed E-state index contributed by atoms with van der Waals surface area (Å²) in [5.74, 6) is 0.0610. The number of nitrogens with zero attached hydrogens (tertiary/aromatic N) is 2. The van der Waals surface area contributed by atoms with Crippen LogP contribution in [0.1, 0.15) is 18.1 Å². The lowest BCUT2D eigenvalue weighted by Crippen LogP contribution is -2.52. The van der Waals surface area contributed by atoms with Crippen LogP contribution in [-0.4, -0.2) is 43.0 Å². The molecule has 1 amide bonds. The molecule has 1 aliphatic rings. The number of rotatable bonds is 4. The Morgan fingerprint density at radius 1 is 0.960 bits per heavy atom. The summed E-state index contributed by atoms with van der Waals surface area (Å²) in [5.41, 5.74) is 4.79. The van der Waals surface area contributed by atoms with Crippen molar-refractivity contribution in [2.24, 2.45) is 0 Å². The molecule has 4 heteroatoms. The van der Waals surface area contributed by atoms with Gasteiger partial charge in [-0.2, -0.15) is 0 Å². The zero-order chi connectivity index (χ0) is 17.8. The zero-order valence-corrected chi connectivity index (χ0v) is 15.3. The zero-order valence-electron chi connectivity index (χ0n) is 15.3. The van der Waals surface area contributed by atoms with Gasteiger partial charge in [-0.3, -0.25) is 9.69 Å². The summed E-state index contributed by atoms with van der Waals surface area (Å²) in [6.07, 6.45) is 0. The van der Waals surface area contributed by atoms with Crippen LogP contribution < -0.4 is 10.2 Å². The van der Waals surface area contributed by atoms with E-state index in [1.54, 1.807) is 0 Å². The Bertz CT molecular complexity index is 721. The standard InChI is InChI=1S/C21H27N3O/c1-16-9-10-20(15-17(16)2)24-13-11-23(12-14-24)18(3)21(25)22-19-7-5-4-6-8-19/h4-10,15,18H,11-14H2,1-3H3,(H,22,25)/t18-/m0/s1. The van der Waals surface area contributed by atoms with Gasteiger partial charge < -0.3 is 10.2 Å². The van der Waals surface area contributed by atoms with Crippen molar-refractivity contribution in [2.75, 3.05) is 36.4 Å². The summed E-state index contributed by atoms with van der Waals surface area (Å²) in [4.78, 5) is 17.1. The molecule has 1 fully saturated rings. The molecule has 1 atom stereocenters. The van der Waals surface area contributed by atoms with Gasteiger partial charge in [-0.25, -0.2) is 0 Å². The Hall–Kier alpha value is -2.33. The predicted octanol–water partition coefficient (Wildman–Crippen LogP) is 3.45. The highest BCUT2D eigenvalue weighted by molar-refractivity contribution is 5.94. The Kier molecular flexibility index (Phi) is 5.39. The van der Waals surface area contributed by atoms with Crippen molar-refractivity contribution in [3.63, 3.8) is 0 Å². The van der Waals surface area contributed by atoms with Crippen LogP contribution in [0, 0.1) is 13.8 Å². The van der Waals surface area contributed by atoms with Gasteiger partial charge in [-0.15, -0.1) is 0 Å². The van der Waals surface area contributed by atoms with Gasteiger partial charge in [0.25, 0.3) is 0 Å². The molecular weight excluding hydrogens is 310 g/mol. The van der Waals surface area contributed by atoms with Crippen LogP contribution in [0.25, 0.3) is 0 Å². The van der Waals surface area contributed by atoms with Crippen molar-refractivity contribution in [2.45, 2.75) is 26.8 Å². The van der Waals surface area contributed by atoms with E-state index in [-0.39, 0.29) is 11.9 Å². The van der Waals surface area contributed by atoms with Gasteiger partial charge in [0, 0.05) is 37.6 Å². The van der Waals surface area contributed by atoms with Gasteiger partial charge in [0.2, 0.25) is 5.91 Å². The highest BCUT2D eigenvalue weighted by Crippen LogP contribution is 2.21. The van der Waals surface area contributed by atoms with Crippen LogP contribution in [0.4, 0.5) is 11.4 Å². The van der Waals surface area contributed by atoms with E-state index in [9.17, 15) is 4.79 Å². The normalized spacial score (nSPS) is 16.5. The molecule has 1 aliphatic heterocycles. The molecule has 0 bridgehead atoms. The largest absolute Gasteiger partial charge is 0.369 e. The second kappa shape index (κ2) is 7.70. The lowest BCUT2D eigenvalue weighted by atomic mass is 10.1. The molecule has 1 heterocycles. The fourth-order valence-electron chi connectivity index (χ4n) is 3.22. The number of hydrogen-bond donors (Lipinski definition) is 1. The maximum Gasteiger partial charge on any atom is 0.241 e. The average molecular weight is 337 g/mol. The molecule has 0 aromatic heterocycles. The highest BCUT2D eigenvalue weighted by Gasteiger charge is 2.25. The molecule has 1 N–H and O–H groups in total. The van der Waals surface area contributed by atoms with E-state index in [1.807, 2.05) is 37.3 Å². The molecule has 0 saturated carbocycles. The van der Waals surface area contributed by atoms with Crippen LogP contribution in [0.2, 0.25) is 0 Å². The fourth-order valence-corrected chi connectivity index (χ4v) is 3.22. The molecule has 2 aromatic carbocycles. The van der Waals surface area contributed by atoms with E-state index in [2.05, 4.69) is 47.2 Å². The van der Waals surface area contributed by atoms with Crippen LogP contribution in [-0.2, 0) is 4.79 Å². The third-order valence-corrected chi connectivity index (χ3v) is 5.14. The van der Waals surface area contributed by atoms with E-state index < -0.39 is 0 Å². The minimum absolute atomic E-state index is 0.0610. The molecule has 3 rings (SSSR count). The summed E-state index contributed by atoms with van der Waals surface area (Å²) in [6.45, 7) is 9.99. The fraction of sp³-hybridized carbons (Fsp3) is 0.381. The van der Waals surface area contributed by atoms with Crippen LogP contribution >= 0.6 is 0 Å². The third-order valence-electron chi connectivity index (χ3n) is 5.14. The molecule has 0 unspecified atom stereocenters. The van der Waals surface area contributed by atoms with Crippen LogP contribution in [0.3, 0.4) is 0 Å². The highest BCUT2D eigenvalue weighted by atomic mass is 16.2. The average Bonchev–Trinajstić information content (AvgIpc) is 2.64. The monoisotopic (exact) mass is 337 g/mol. The molecule has 4 nitrogen and oxygen atoms in total. The number of para-hydroxylation sites is 1. The minimum atomic E-state index is -0.123. The lowest BCUT2D eigenvalue weighted by molar-refractivity contribution is -0.120. The summed E-state index contributed by atoms with van der Waals surface area (Å²) >= 11 is 0. The minimum Gasteiger partial charge on any atom is -0.369 e. The van der Waals surface area contributed by atoms with Crippen molar-refractivity contribution in [3.8, 4) is 0 Å². The number of benzene rings is 2. The number of piperazine rings is 1. The molecule has 0 spiro atoms. The predicted molar refractivity (Wildman–Crippen MR) is 104 cm³/mol. The van der Waals surface area contributed by atoms with Gasteiger partial charge in [0.05, 0.1) is 6.04 Å². The van der Waals surface area contributed by atoms with Crippen molar-refractivity contribution < 1.29 is 4.79 Å². The Morgan fingerprint density at radius 3 is 2.28 bits per heavy atom. The summed E-state index contributed by atoms with van der Waals surface area (Å²) < 4.78 is 0. The van der Waals surface area contributed by atoms with Gasteiger partial charge in [0.1, 0.15) is 0 Å². The molecule has 0 aliphatic carbocycles. The molecule has 25 heavy (non-hydrogen) atoms. The number of carbonyl (C=O) groups is 1. The second-order valence-electron chi connectivity index (χ2n) is 6.82. The number of aryl methyl sites for hydroxylation is 2. The molecule has 2 aromatic rings. The first kappa shape index (κ1) is 17.5. The molecular formula is C21H27N3O. The number of carbonyl (C=O) groups excluding carboxylic acids is 1. The number of anilines is 2. The van der Waals surface area contributed by atoms with Gasteiger partial charge in [-0.05, 0) is 56.2 Å². The van der Waals surface area contributed by atoms with Crippen LogP contribution in [0.5, 0.6) is 0 Å². The van der Waals surface area contributed by atoms with Crippen molar-refractivity contribution >= 4 is 17.3 Å². The first-order chi connectivity index (χ1) is 12.0. The number of hydrogen-bond acceptors (Lipinski definition) is 3. The Labute approximate surface area is 150 Å². The summed E-state index contributed by atoms with van der Waals surface area (Å²) in [7, 11) is 0. The quantitative estimate of drug-likeness (QED) is 0.928. The topological polar surface area (TPSA) is 35.6 Å². The maximum absolute atomic E-state index is 12.5. The summed E-state index contributed by atoms with van der Waals surface area (Å²) in [6, 6.07) is 16.2. The van der Waals surface area contributed by atoms with Crippen molar-refractivity contribution in [1.82, 2.24) is 4.90 Å². The number of amides is 1. The second-order valence-corrected chi connectivity index (χ2v) is 6.82. The summed E-state index contributed by atoms with van der Waals surface area (Å²) in [5, 5.41) is 3.00. The van der Waals surface area contributed by atoms with E-state index in [1.165, 1.54) is 16.8 Å². The van der Waals surface area contributed by atoms with E-state index in [0.717, 1.165) is 31.9 Å². The van der Waals surface area contributed by atoms with E-state index >= 15 is 0 Å². The SMILES string of the molecule is Cc1ccc(N2CCN([C@@H](C)C(=O)Nc3ccccc3)CC2)cc1C. The lowest BCUT2D eigenvalue weighted by Gasteiger charge is -2.38. The smallest absolute Gasteiger partial charge is 0.241 e.